The minimum Gasteiger partial charge on any atom is -0.508 e. The summed E-state index contributed by atoms with van der Waals surface area (Å²) in [6.07, 6.45) is 0.653. The highest BCUT2D eigenvalue weighted by atomic mass is 127. The van der Waals surface area contributed by atoms with Gasteiger partial charge in [0.2, 0.25) is 0 Å². The highest BCUT2D eigenvalue weighted by Crippen LogP contribution is 2.23. The van der Waals surface area contributed by atoms with Crippen LogP contribution in [-0.2, 0) is 6.42 Å². The lowest BCUT2D eigenvalue weighted by Gasteiger charge is -2.37. The van der Waals surface area contributed by atoms with Gasteiger partial charge in [-0.2, -0.15) is 0 Å². The molecule has 30 heavy (non-hydrogen) atoms. The molecule has 0 atom stereocenters. The number of nitrogens with zero attached hydrogens (tertiary/aromatic N) is 3. The zero-order chi connectivity index (χ0) is 20.6. The molecule has 1 saturated heterocycles. The summed E-state index contributed by atoms with van der Waals surface area (Å²) in [4.78, 5) is 9.25. The molecule has 0 saturated carbocycles. The van der Waals surface area contributed by atoms with E-state index in [4.69, 9.17) is 9.73 Å². The van der Waals surface area contributed by atoms with E-state index in [9.17, 15) is 9.50 Å². The van der Waals surface area contributed by atoms with Crippen molar-refractivity contribution < 1.29 is 14.2 Å². The molecule has 0 radical (unpaired) electrons. The van der Waals surface area contributed by atoms with Crippen LogP contribution < -0.4 is 15.0 Å². The Balaban J connectivity index is 0.00000320. The van der Waals surface area contributed by atoms with Crippen LogP contribution in [0, 0.1) is 5.82 Å². The van der Waals surface area contributed by atoms with Gasteiger partial charge in [0.15, 0.2) is 5.96 Å². The molecule has 1 fully saturated rings. The molecule has 0 amide bonds. The largest absolute Gasteiger partial charge is 0.508 e. The summed E-state index contributed by atoms with van der Waals surface area (Å²) >= 11 is 0. The standard InChI is InChI=1S/C22H29FN4O2.HI/c1-3-24-22(25-11-10-17-4-9-20(29-2)16-21(17)28)27-14-12-26(13-15-27)19-7-5-18(23)6-8-19;/h4-9,16,28H,3,10-15H2,1-2H3,(H,24,25);1H. The van der Waals surface area contributed by atoms with Crippen LogP contribution in [0.25, 0.3) is 0 Å². The van der Waals surface area contributed by atoms with Gasteiger partial charge >= 0.3 is 0 Å². The molecule has 2 N–H and O–H groups in total. The van der Waals surface area contributed by atoms with E-state index in [1.807, 2.05) is 24.3 Å². The quantitative estimate of drug-likeness (QED) is 0.342. The lowest BCUT2D eigenvalue weighted by molar-refractivity contribution is 0.372. The van der Waals surface area contributed by atoms with E-state index in [0.717, 1.165) is 49.9 Å². The monoisotopic (exact) mass is 528 g/mol. The number of piperazine rings is 1. The number of phenolic OH excluding ortho intramolecular Hbond substituents is 1. The maximum absolute atomic E-state index is 13.1. The maximum Gasteiger partial charge on any atom is 0.194 e. The molecular formula is C22H30FIN4O2. The zero-order valence-electron chi connectivity index (χ0n) is 17.5. The number of anilines is 1. The topological polar surface area (TPSA) is 60.3 Å². The number of hydrogen-bond donors (Lipinski definition) is 2. The molecule has 2 aromatic rings. The average Bonchev–Trinajstić information content (AvgIpc) is 2.75. The van der Waals surface area contributed by atoms with E-state index < -0.39 is 0 Å². The van der Waals surface area contributed by atoms with Crippen molar-refractivity contribution in [3.05, 3.63) is 53.8 Å². The number of guanidine groups is 1. The fourth-order valence-corrected chi connectivity index (χ4v) is 3.42. The molecule has 0 bridgehead atoms. The van der Waals surface area contributed by atoms with Crippen LogP contribution in [0.3, 0.4) is 0 Å². The maximum atomic E-state index is 13.1. The van der Waals surface area contributed by atoms with Crippen LogP contribution in [-0.4, -0.2) is 62.3 Å². The number of benzene rings is 2. The number of methoxy groups -OCH3 is 1. The number of halogens is 2. The molecule has 1 aliphatic rings. The Hall–Kier alpha value is -2.23. The Morgan fingerprint density at radius 3 is 2.43 bits per heavy atom. The lowest BCUT2D eigenvalue weighted by Crippen LogP contribution is -2.52. The molecule has 1 aliphatic heterocycles. The van der Waals surface area contributed by atoms with Gasteiger partial charge in [0.05, 0.1) is 7.11 Å². The van der Waals surface area contributed by atoms with E-state index in [1.165, 1.54) is 12.1 Å². The third-order valence-electron chi connectivity index (χ3n) is 5.04. The Morgan fingerprint density at radius 1 is 1.13 bits per heavy atom. The summed E-state index contributed by atoms with van der Waals surface area (Å²) in [6.45, 7) is 6.84. The number of ether oxygens (including phenoxy) is 1. The molecule has 0 unspecified atom stereocenters. The number of nitrogens with one attached hydrogen (secondary N) is 1. The summed E-state index contributed by atoms with van der Waals surface area (Å²) in [7, 11) is 1.58. The second-order valence-electron chi connectivity index (χ2n) is 6.93. The van der Waals surface area contributed by atoms with Gasteiger partial charge in [-0.1, -0.05) is 6.07 Å². The molecule has 164 valence electrons. The number of rotatable bonds is 6. The second kappa shape index (κ2) is 11.8. The van der Waals surface area contributed by atoms with Crippen LogP contribution in [0.15, 0.2) is 47.5 Å². The van der Waals surface area contributed by atoms with Crippen molar-refractivity contribution in [3.8, 4) is 11.5 Å². The van der Waals surface area contributed by atoms with Gasteiger partial charge in [0.1, 0.15) is 17.3 Å². The van der Waals surface area contributed by atoms with Crippen LogP contribution in [0.5, 0.6) is 11.5 Å². The number of aliphatic imine (C=N–C) groups is 1. The predicted octanol–water partition coefficient (Wildman–Crippen LogP) is 3.49. The van der Waals surface area contributed by atoms with Crippen LogP contribution in [0.4, 0.5) is 10.1 Å². The minimum absolute atomic E-state index is 0. The summed E-state index contributed by atoms with van der Waals surface area (Å²) < 4.78 is 18.3. The summed E-state index contributed by atoms with van der Waals surface area (Å²) in [5.74, 6) is 1.55. The van der Waals surface area contributed by atoms with Crippen molar-refractivity contribution in [1.82, 2.24) is 10.2 Å². The lowest BCUT2D eigenvalue weighted by atomic mass is 10.1. The van der Waals surface area contributed by atoms with Gasteiger partial charge in [0, 0.05) is 51.0 Å². The minimum atomic E-state index is -0.211. The van der Waals surface area contributed by atoms with Crippen molar-refractivity contribution >= 4 is 35.6 Å². The van der Waals surface area contributed by atoms with E-state index in [2.05, 4.69) is 22.0 Å². The fraction of sp³-hybridized carbons (Fsp3) is 0.409. The Labute approximate surface area is 194 Å². The molecule has 0 aliphatic carbocycles. The Kier molecular flexibility index (Phi) is 9.48. The van der Waals surface area contributed by atoms with Gasteiger partial charge in [0.25, 0.3) is 0 Å². The van der Waals surface area contributed by atoms with E-state index >= 15 is 0 Å². The Bertz CT molecular complexity index is 824. The van der Waals surface area contributed by atoms with E-state index in [0.29, 0.717) is 18.7 Å². The highest BCUT2D eigenvalue weighted by molar-refractivity contribution is 14.0. The molecule has 3 rings (SSSR count). The number of hydrogen-bond acceptors (Lipinski definition) is 4. The molecule has 0 spiro atoms. The smallest absolute Gasteiger partial charge is 0.194 e. The average molecular weight is 528 g/mol. The van der Waals surface area contributed by atoms with Gasteiger partial charge in [-0.3, -0.25) is 4.99 Å². The van der Waals surface area contributed by atoms with Crippen LogP contribution >= 0.6 is 24.0 Å². The first-order valence-corrected chi connectivity index (χ1v) is 10.0. The van der Waals surface area contributed by atoms with Crippen LogP contribution in [0.2, 0.25) is 0 Å². The first-order valence-electron chi connectivity index (χ1n) is 10.0. The number of aromatic hydroxyl groups is 1. The second-order valence-corrected chi connectivity index (χ2v) is 6.93. The van der Waals surface area contributed by atoms with Crippen molar-refractivity contribution in [2.75, 3.05) is 51.3 Å². The molecule has 0 aromatic heterocycles. The zero-order valence-corrected chi connectivity index (χ0v) is 19.8. The SMILES string of the molecule is CCNC(=NCCc1ccc(OC)cc1O)N1CCN(c2ccc(F)cc2)CC1.I. The first-order chi connectivity index (χ1) is 14.1. The van der Waals surface area contributed by atoms with Crippen molar-refractivity contribution in [2.24, 2.45) is 4.99 Å². The normalized spacial score (nSPS) is 14.3. The molecule has 6 nitrogen and oxygen atoms in total. The van der Waals surface area contributed by atoms with Crippen LogP contribution in [0.1, 0.15) is 12.5 Å². The van der Waals surface area contributed by atoms with Gasteiger partial charge in [-0.15, -0.1) is 24.0 Å². The summed E-state index contributed by atoms with van der Waals surface area (Å²) in [6, 6.07) is 12.0. The van der Waals surface area contributed by atoms with Crippen molar-refractivity contribution in [3.63, 3.8) is 0 Å². The van der Waals surface area contributed by atoms with E-state index in [-0.39, 0.29) is 35.5 Å². The predicted molar refractivity (Wildman–Crippen MR) is 130 cm³/mol. The van der Waals surface area contributed by atoms with E-state index in [1.54, 1.807) is 13.2 Å². The summed E-state index contributed by atoms with van der Waals surface area (Å²) in [5, 5.41) is 13.5. The van der Waals surface area contributed by atoms with Crippen molar-refractivity contribution in [1.29, 1.82) is 0 Å². The van der Waals surface area contributed by atoms with Gasteiger partial charge < -0.3 is 25.0 Å². The molecule has 2 aromatic carbocycles. The molecular weight excluding hydrogens is 498 g/mol. The van der Waals surface area contributed by atoms with Gasteiger partial charge in [-0.25, -0.2) is 4.39 Å². The molecule has 8 heteroatoms. The van der Waals surface area contributed by atoms with Crippen molar-refractivity contribution in [2.45, 2.75) is 13.3 Å². The first kappa shape index (κ1) is 24.0. The molecule has 1 heterocycles. The number of phenols is 1. The van der Waals surface area contributed by atoms with Gasteiger partial charge in [-0.05, 0) is 49.2 Å². The Morgan fingerprint density at radius 2 is 1.83 bits per heavy atom. The highest BCUT2D eigenvalue weighted by Gasteiger charge is 2.19. The fourth-order valence-electron chi connectivity index (χ4n) is 3.42. The summed E-state index contributed by atoms with van der Waals surface area (Å²) in [5.41, 5.74) is 1.90. The third kappa shape index (κ3) is 6.38. The third-order valence-corrected chi connectivity index (χ3v) is 5.04.